The van der Waals surface area contributed by atoms with Crippen LogP contribution in [0.1, 0.15) is 19.8 Å². The molecule has 1 aliphatic heterocycles. The fourth-order valence-corrected chi connectivity index (χ4v) is 3.15. The van der Waals surface area contributed by atoms with Crippen molar-refractivity contribution in [2.24, 2.45) is 0 Å². The van der Waals surface area contributed by atoms with E-state index < -0.39 is 54.4 Å². The van der Waals surface area contributed by atoms with Gasteiger partial charge in [0.1, 0.15) is 35.7 Å². The van der Waals surface area contributed by atoms with E-state index in [1.165, 1.54) is 12.1 Å². The van der Waals surface area contributed by atoms with E-state index in [9.17, 15) is 30.3 Å². The molecule has 3 rings (SSSR count). The summed E-state index contributed by atoms with van der Waals surface area (Å²) in [6.45, 7) is 1.79. The summed E-state index contributed by atoms with van der Waals surface area (Å²) in [7, 11) is 0. The summed E-state index contributed by atoms with van der Waals surface area (Å²) in [5.41, 5.74) is -0.991. The summed E-state index contributed by atoms with van der Waals surface area (Å²) in [5.74, 6) is -0.751. The zero-order valence-electron chi connectivity index (χ0n) is 16.9. The van der Waals surface area contributed by atoms with E-state index in [0.29, 0.717) is 18.8 Å². The average molecular weight is 438 g/mol. The van der Waals surface area contributed by atoms with Gasteiger partial charge in [0.25, 0.3) is 5.75 Å². The highest BCUT2D eigenvalue weighted by Crippen LogP contribution is 2.35. The highest BCUT2D eigenvalue weighted by Gasteiger charge is 2.45. The minimum Gasteiger partial charge on any atom is -0.504 e. The van der Waals surface area contributed by atoms with Crippen LogP contribution in [0.15, 0.2) is 39.6 Å². The fraction of sp³-hybridized carbons (Fsp3) is 0.476. The molecule has 1 aromatic carbocycles. The number of rotatable bonds is 8. The predicted molar refractivity (Wildman–Crippen MR) is 108 cm³/mol. The summed E-state index contributed by atoms with van der Waals surface area (Å²) in [4.78, 5) is 12.4. The number of ether oxygens (including phenoxy) is 3. The predicted octanol–water partition coefficient (Wildman–Crippen LogP) is 0.412. The summed E-state index contributed by atoms with van der Waals surface area (Å²) >= 11 is 0. The van der Waals surface area contributed by atoms with Crippen molar-refractivity contribution in [1.82, 2.24) is 0 Å². The minimum absolute atomic E-state index is 0.0604. The van der Waals surface area contributed by atoms with Crippen molar-refractivity contribution in [3.8, 4) is 17.2 Å². The molecule has 0 radical (unpaired) electrons. The molecule has 10 heteroatoms. The second kappa shape index (κ2) is 10.1. The standard InChI is InChI=1S/C21H26O10/c1-2-3-4-5-8-28-11-6-7-12-13(9-11)29-20(27)19(15(12)23)31-21-18(26)17(25)16(24)14(10-22)30-21/h3-4,6-7,9,14,16-18,21-26H,2,5,8,10H2,1H3/b4-3+/t14-,16+,17+,18-,21+/m1/s1. The first-order valence-corrected chi connectivity index (χ1v) is 9.92. The number of aliphatic hydroxyl groups excluding tert-OH is 4. The van der Waals surface area contributed by atoms with E-state index in [1.807, 2.05) is 19.1 Å². The van der Waals surface area contributed by atoms with Crippen LogP contribution in [0.2, 0.25) is 0 Å². The maximum Gasteiger partial charge on any atom is 0.383 e. The van der Waals surface area contributed by atoms with Gasteiger partial charge in [0, 0.05) is 6.07 Å². The molecular weight excluding hydrogens is 412 g/mol. The SMILES string of the molecule is CC/C=C/CCOc1ccc2c(O)c(O[C@@H]3O[C@H](CO)[C@H](O)[C@H](O)[C@H]3O)c(=O)oc2c1. The van der Waals surface area contributed by atoms with Gasteiger partial charge in [-0.2, -0.15) is 0 Å². The highest BCUT2D eigenvalue weighted by molar-refractivity contribution is 5.86. The van der Waals surface area contributed by atoms with Crippen molar-refractivity contribution in [2.75, 3.05) is 13.2 Å². The van der Waals surface area contributed by atoms with Gasteiger partial charge >= 0.3 is 5.63 Å². The quantitative estimate of drug-likeness (QED) is 0.222. The first-order valence-electron chi connectivity index (χ1n) is 9.92. The van der Waals surface area contributed by atoms with Gasteiger partial charge in [0.2, 0.25) is 6.29 Å². The first-order chi connectivity index (χ1) is 14.9. The molecule has 2 heterocycles. The fourth-order valence-electron chi connectivity index (χ4n) is 3.15. The highest BCUT2D eigenvalue weighted by atomic mass is 16.7. The molecule has 0 aliphatic carbocycles. The van der Waals surface area contributed by atoms with Crippen LogP contribution in [0, 0.1) is 0 Å². The molecular formula is C21H26O10. The molecule has 2 aromatic rings. The Morgan fingerprint density at radius 2 is 1.90 bits per heavy atom. The zero-order valence-corrected chi connectivity index (χ0v) is 16.9. The normalized spacial score (nSPS) is 26.4. The smallest absolute Gasteiger partial charge is 0.383 e. The molecule has 1 fully saturated rings. The summed E-state index contributed by atoms with van der Waals surface area (Å²) in [5, 5.41) is 49.7. The monoisotopic (exact) mass is 438 g/mol. The molecule has 0 spiro atoms. The Hall–Kier alpha value is -2.63. The Bertz CT molecular complexity index is 967. The Labute approximate surface area is 177 Å². The minimum atomic E-state index is -1.75. The second-order valence-electron chi connectivity index (χ2n) is 7.06. The maximum absolute atomic E-state index is 12.4. The number of allylic oxidation sites excluding steroid dienone is 1. The van der Waals surface area contributed by atoms with Crippen LogP contribution >= 0.6 is 0 Å². The molecule has 170 valence electrons. The topological polar surface area (TPSA) is 159 Å². The van der Waals surface area contributed by atoms with Crippen LogP contribution in [0.4, 0.5) is 0 Å². The third kappa shape index (κ3) is 5.00. The number of benzene rings is 1. The van der Waals surface area contributed by atoms with Crippen LogP contribution in [-0.4, -0.2) is 69.5 Å². The van der Waals surface area contributed by atoms with Crippen molar-refractivity contribution in [2.45, 2.75) is 50.5 Å². The summed E-state index contributed by atoms with van der Waals surface area (Å²) in [6, 6.07) is 4.52. The molecule has 0 amide bonds. The van der Waals surface area contributed by atoms with E-state index in [4.69, 9.17) is 18.6 Å². The van der Waals surface area contributed by atoms with E-state index in [2.05, 4.69) is 0 Å². The lowest BCUT2D eigenvalue weighted by Crippen LogP contribution is -2.60. The largest absolute Gasteiger partial charge is 0.504 e. The van der Waals surface area contributed by atoms with Crippen molar-refractivity contribution < 1.29 is 44.2 Å². The molecule has 1 aromatic heterocycles. The molecule has 0 bridgehead atoms. The second-order valence-corrected chi connectivity index (χ2v) is 7.06. The molecule has 0 saturated carbocycles. The molecule has 5 atom stereocenters. The van der Waals surface area contributed by atoms with Gasteiger partial charge in [-0.15, -0.1) is 0 Å². The maximum atomic E-state index is 12.4. The Kier molecular flexibility index (Phi) is 7.52. The molecule has 0 unspecified atom stereocenters. The molecule has 10 nitrogen and oxygen atoms in total. The van der Waals surface area contributed by atoms with Gasteiger partial charge < -0.3 is 44.2 Å². The van der Waals surface area contributed by atoms with Gasteiger partial charge in [-0.25, -0.2) is 4.79 Å². The summed E-state index contributed by atoms with van der Waals surface area (Å²) in [6.07, 6.45) is -2.22. The van der Waals surface area contributed by atoms with Crippen LogP contribution in [0.25, 0.3) is 11.0 Å². The van der Waals surface area contributed by atoms with E-state index >= 15 is 0 Å². The molecule has 31 heavy (non-hydrogen) atoms. The number of fused-ring (bicyclic) bond motifs is 1. The van der Waals surface area contributed by atoms with E-state index in [0.717, 1.165) is 6.42 Å². The molecule has 5 N–H and O–H groups in total. The lowest BCUT2D eigenvalue weighted by atomic mass is 9.99. The molecule has 1 saturated heterocycles. The number of hydrogen-bond donors (Lipinski definition) is 5. The van der Waals surface area contributed by atoms with Gasteiger partial charge in [0.15, 0.2) is 5.75 Å². The number of aromatic hydroxyl groups is 1. The average Bonchev–Trinajstić information content (AvgIpc) is 2.76. The van der Waals surface area contributed by atoms with Gasteiger partial charge in [-0.05, 0) is 25.0 Å². The summed E-state index contributed by atoms with van der Waals surface area (Å²) < 4.78 is 21.3. The van der Waals surface area contributed by atoms with Crippen LogP contribution in [-0.2, 0) is 4.74 Å². The van der Waals surface area contributed by atoms with Crippen LogP contribution in [0.5, 0.6) is 17.2 Å². The van der Waals surface area contributed by atoms with Gasteiger partial charge in [-0.1, -0.05) is 19.1 Å². The Balaban J connectivity index is 1.81. The van der Waals surface area contributed by atoms with E-state index in [-0.39, 0.29) is 11.0 Å². The van der Waals surface area contributed by atoms with E-state index in [1.54, 1.807) is 6.07 Å². The number of aliphatic hydroxyl groups is 4. The Morgan fingerprint density at radius 1 is 1.13 bits per heavy atom. The lowest BCUT2D eigenvalue weighted by molar-refractivity contribution is -0.278. The Morgan fingerprint density at radius 3 is 2.61 bits per heavy atom. The van der Waals surface area contributed by atoms with Gasteiger partial charge in [0.05, 0.1) is 18.6 Å². The van der Waals surface area contributed by atoms with Crippen molar-refractivity contribution in [1.29, 1.82) is 0 Å². The van der Waals surface area contributed by atoms with Crippen LogP contribution < -0.4 is 15.1 Å². The molecule has 1 aliphatic rings. The van der Waals surface area contributed by atoms with Gasteiger partial charge in [-0.3, -0.25) is 0 Å². The van der Waals surface area contributed by atoms with Crippen molar-refractivity contribution >= 4 is 11.0 Å². The third-order valence-electron chi connectivity index (χ3n) is 4.85. The van der Waals surface area contributed by atoms with Crippen molar-refractivity contribution in [3.05, 3.63) is 40.8 Å². The zero-order chi connectivity index (χ0) is 22.5. The lowest BCUT2D eigenvalue weighted by Gasteiger charge is -2.39. The van der Waals surface area contributed by atoms with Crippen LogP contribution in [0.3, 0.4) is 0 Å². The third-order valence-corrected chi connectivity index (χ3v) is 4.85. The first kappa shape index (κ1) is 23.0. The number of hydrogen-bond acceptors (Lipinski definition) is 10. The van der Waals surface area contributed by atoms with Crippen molar-refractivity contribution in [3.63, 3.8) is 0 Å².